The Morgan fingerprint density at radius 1 is 0.765 bits per heavy atom. The Balaban J connectivity index is 2.20. The van der Waals surface area contributed by atoms with E-state index in [1.807, 2.05) is 0 Å². The van der Waals surface area contributed by atoms with Gasteiger partial charge in [-0.3, -0.25) is 0 Å². The Hall–Kier alpha value is -4.12. The molecule has 4 rings (SSSR count). The normalized spacial score (nSPS) is 11.1. The summed E-state index contributed by atoms with van der Waals surface area (Å²) in [6.45, 7) is 3.50. The molecule has 0 aromatic heterocycles. The fourth-order valence-corrected chi connectivity index (χ4v) is 3.99. The summed E-state index contributed by atoms with van der Waals surface area (Å²) in [5.41, 5.74) is 0.463. The van der Waals surface area contributed by atoms with Gasteiger partial charge in [-0.05, 0) is 28.3 Å². The first-order chi connectivity index (χ1) is 16.4. The molecule has 4 aromatic rings. The van der Waals surface area contributed by atoms with E-state index in [0.29, 0.717) is 16.7 Å². The maximum absolute atomic E-state index is 14.8. The molecule has 0 aliphatic rings. The van der Waals surface area contributed by atoms with Crippen LogP contribution in [0.15, 0.2) is 110 Å². The number of carbonyl (C=O) groups excluding carboxylic acids is 1. The summed E-state index contributed by atoms with van der Waals surface area (Å²) in [6.07, 6.45) is -3.27. The van der Waals surface area contributed by atoms with Crippen molar-refractivity contribution in [3.8, 4) is 33.4 Å². The average molecular weight is 458 g/mol. The van der Waals surface area contributed by atoms with Gasteiger partial charge in [0.2, 0.25) is 0 Å². The van der Waals surface area contributed by atoms with Crippen LogP contribution in [-0.4, -0.2) is 12.6 Å². The summed E-state index contributed by atoms with van der Waals surface area (Å²) in [5.74, 6) is -0.721. The van der Waals surface area contributed by atoms with Crippen molar-refractivity contribution in [2.75, 3.05) is 6.61 Å². The summed E-state index contributed by atoms with van der Waals surface area (Å²) in [5, 5.41) is 0. The molecule has 170 valence electrons. The van der Waals surface area contributed by atoms with Gasteiger partial charge in [0.05, 0.1) is 11.1 Å². The van der Waals surface area contributed by atoms with Crippen LogP contribution < -0.4 is 0 Å². The number of rotatable bonds is 6. The quantitative estimate of drug-likeness (QED) is 0.216. The summed E-state index contributed by atoms with van der Waals surface area (Å²) < 4.78 is 49.7. The Labute approximate surface area is 196 Å². The van der Waals surface area contributed by atoms with E-state index in [-0.39, 0.29) is 28.9 Å². The Morgan fingerprint density at radius 3 is 1.71 bits per heavy atom. The van der Waals surface area contributed by atoms with E-state index in [9.17, 15) is 18.0 Å². The minimum Gasteiger partial charge on any atom is -0.458 e. The van der Waals surface area contributed by atoms with Crippen molar-refractivity contribution < 1.29 is 22.7 Å². The molecule has 0 fully saturated rings. The van der Waals surface area contributed by atoms with Crippen LogP contribution in [0.2, 0.25) is 0 Å². The number of ether oxygens (including phenoxy) is 1. The number of halogens is 3. The highest BCUT2D eigenvalue weighted by atomic mass is 19.4. The van der Waals surface area contributed by atoms with Gasteiger partial charge in [-0.15, -0.1) is 0 Å². The summed E-state index contributed by atoms with van der Waals surface area (Å²) >= 11 is 0. The third kappa shape index (κ3) is 4.64. The van der Waals surface area contributed by atoms with Gasteiger partial charge in [-0.2, -0.15) is 13.2 Å². The molecule has 0 aliphatic heterocycles. The predicted octanol–water partition coefficient (Wildman–Crippen LogP) is 8.05. The highest BCUT2D eigenvalue weighted by molar-refractivity contribution is 6.05. The summed E-state index contributed by atoms with van der Waals surface area (Å²) in [6, 6.07) is 26.5. The van der Waals surface area contributed by atoms with Crippen LogP contribution in [0, 0.1) is 0 Å². The van der Waals surface area contributed by atoms with Gasteiger partial charge in [0.15, 0.2) is 0 Å². The number of hydrogen-bond acceptors (Lipinski definition) is 2. The lowest BCUT2D eigenvalue weighted by molar-refractivity contribution is -0.136. The average Bonchev–Trinajstić information content (AvgIpc) is 2.87. The third-order valence-electron chi connectivity index (χ3n) is 5.37. The van der Waals surface area contributed by atoms with Crippen LogP contribution >= 0.6 is 0 Å². The van der Waals surface area contributed by atoms with E-state index in [0.717, 1.165) is 0 Å². The molecular formula is C29H21F3O2. The van der Waals surface area contributed by atoms with Crippen LogP contribution in [0.25, 0.3) is 33.4 Å². The first-order valence-electron chi connectivity index (χ1n) is 10.6. The van der Waals surface area contributed by atoms with Crippen molar-refractivity contribution in [2.24, 2.45) is 0 Å². The SMILES string of the molecule is C=CCOC(=O)c1cc(-c2ccccc2)c(C(F)(F)F)c(-c2ccccc2)c1-c1ccccc1. The molecule has 4 aromatic carbocycles. The van der Waals surface area contributed by atoms with Crippen molar-refractivity contribution >= 4 is 5.97 Å². The second-order valence-corrected chi connectivity index (χ2v) is 7.58. The number of esters is 1. The van der Waals surface area contributed by atoms with Crippen LogP contribution in [0.4, 0.5) is 13.2 Å². The molecule has 0 aliphatic carbocycles. The number of hydrogen-bond donors (Lipinski definition) is 0. The molecule has 0 spiro atoms. The van der Waals surface area contributed by atoms with E-state index < -0.39 is 17.7 Å². The summed E-state index contributed by atoms with van der Waals surface area (Å²) in [4.78, 5) is 13.2. The van der Waals surface area contributed by atoms with Crippen molar-refractivity contribution in [3.63, 3.8) is 0 Å². The number of carbonyl (C=O) groups is 1. The van der Waals surface area contributed by atoms with Gasteiger partial charge in [0.1, 0.15) is 6.61 Å². The van der Waals surface area contributed by atoms with Gasteiger partial charge in [0.25, 0.3) is 0 Å². The van der Waals surface area contributed by atoms with E-state index in [1.54, 1.807) is 91.0 Å². The minimum atomic E-state index is -4.69. The monoisotopic (exact) mass is 458 g/mol. The Bertz CT molecular complexity index is 1300. The fourth-order valence-electron chi connectivity index (χ4n) is 3.99. The lowest BCUT2D eigenvalue weighted by atomic mass is 9.82. The van der Waals surface area contributed by atoms with Crippen molar-refractivity contribution in [1.29, 1.82) is 0 Å². The zero-order chi connectivity index (χ0) is 24.1. The van der Waals surface area contributed by atoms with Crippen molar-refractivity contribution in [1.82, 2.24) is 0 Å². The van der Waals surface area contributed by atoms with Gasteiger partial charge >= 0.3 is 12.1 Å². The molecule has 5 heteroatoms. The number of alkyl halides is 3. The minimum absolute atomic E-state index is 0.0544. The largest absolute Gasteiger partial charge is 0.458 e. The van der Waals surface area contributed by atoms with Crippen LogP contribution in [0.3, 0.4) is 0 Å². The molecule has 0 unspecified atom stereocenters. The topological polar surface area (TPSA) is 26.3 Å². The molecule has 0 heterocycles. The van der Waals surface area contributed by atoms with Gasteiger partial charge in [0, 0.05) is 11.1 Å². The van der Waals surface area contributed by atoms with Crippen LogP contribution in [-0.2, 0) is 10.9 Å². The second kappa shape index (κ2) is 9.79. The maximum atomic E-state index is 14.8. The zero-order valence-electron chi connectivity index (χ0n) is 18.2. The molecule has 0 amide bonds. The highest BCUT2D eigenvalue weighted by Gasteiger charge is 2.40. The van der Waals surface area contributed by atoms with Gasteiger partial charge in [-0.1, -0.05) is 104 Å². The smallest absolute Gasteiger partial charge is 0.417 e. The first kappa shape index (κ1) is 23.1. The molecule has 0 N–H and O–H groups in total. The molecular weight excluding hydrogens is 437 g/mol. The van der Waals surface area contributed by atoms with Crippen molar-refractivity contribution in [2.45, 2.75) is 6.18 Å². The molecule has 0 saturated carbocycles. The second-order valence-electron chi connectivity index (χ2n) is 7.58. The fraction of sp³-hybridized carbons (Fsp3) is 0.0690. The lowest BCUT2D eigenvalue weighted by Crippen LogP contribution is -2.15. The lowest BCUT2D eigenvalue weighted by Gasteiger charge is -2.24. The molecule has 0 saturated heterocycles. The van der Waals surface area contributed by atoms with E-state index >= 15 is 0 Å². The molecule has 0 atom stereocenters. The van der Waals surface area contributed by atoms with Crippen molar-refractivity contribution in [3.05, 3.63) is 121 Å². The number of benzene rings is 4. The van der Waals surface area contributed by atoms with Gasteiger partial charge < -0.3 is 4.74 Å². The molecule has 0 radical (unpaired) electrons. The highest BCUT2D eigenvalue weighted by Crippen LogP contribution is 2.49. The Kier molecular flexibility index (Phi) is 6.64. The molecule has 34 heavy (non-hydrogen) atoms. The Morgan fingerprint density at radius 2 is 1.24 bits per heavy atom. The van der Waals surface area contributed by atoms with E-state index in [4.69, 9.17) is 4.74 Å². The predicted molar refractivity (Wildman–Crippen MR) is 128 cm³/mol. The molecule has 2 nitrogen and oxygen atoms in total. The van der Waals surface area contributed by atoms with Crippen LogP contribution in [0.1, 0.15) is 15.9 Å². The zero-order valence-corrected chi connectivity index (χ0v) is 18.2. The molecule has 0 bridgehead atoms. The third-order valence-corrected chi connectivity index (χ3v) is 5.37. The van der Waals surface area contributed by atoms with E-state index in [1.165, 1.54) is 12.1 Å². The van der Waals surface area contributed by atoms with E-state index in [2.05, 4.69) is 6.58 Å². The standard InChI is InChI=1S/C29H21F3O2/c1-2-18-34-28(33)24-19-23(20-12-6-3-7-13-20)27(29(30,31)32)26(22-16-10-5-11-17-22)25(24)21-14-8-4-9-15-21/h2-17,19H,1,18H2. The first-order valence-corrected chi connectivity index (χ1v) is 10.6. The summed E-state index contributed by atoms with van der Waals surface area (Å²) in [7, 11) is 0. The maximum Gasteiger partial charge on any atom is 0.417 e. The van der Waals surface area contributed by atoms with Crippen LogP contribution in [0.5, 0.6) is 0 Å². The van der Waals surface area contributed by atoms with Gasteiger partial charge in [-0.25, -0.2) is 4.79 Å².